The molecule has 4 nitrogen and oxygen atoms in total. The lowest BCUT2D eigenvalue weighted by Crippen LogP contribution is -2.35. The summed E-state index contributed by atoms with van der Waals surface area (Å²) in [7, 11) is 2.01. The fourth-order valence-electron chi connectivity index (χ4n) is 2.80. The van der Waals surface area contributed by atoms with Gasteiger partial charge in [-0.25, -0.2) is 0 Å². The van der Waals surface area contributed by atoms with Crippen LogP contribution in [0.3, 0.4) is 0 Å². The standard InChI is InChI=1S/C15H23N3O/c1-11(16-2)12-3-5-13(6-4-12)15(19)18-14-7-9-17-10-8-14/h7-13,16H,3-6H2,1-2H3,(H,17,18,19)/t11-,12?,13?/m1/s1. The normalized spacial score (nSPS) is 24.7. The summed E-state index contributed by atoms with van der Waals surface area (Å²) in [5.41, 5.74) is 0.839. The summed E-state index contributed by atoms with van der Waals surface area (Å²) < 4.78 is 0. The van der Waals surface area contributed by atoms with E-state index < -0.39 is 0 Å². The van der Waals surface area contributed by atoms with Crippen molar-refractivity contribution in [1.29, 1.82) is 0 Å². The summed E-state index contributed by atoms with van der Waals surface area (Å²) in [6, 6.07) is 4.20. The summed E-state index contributed by atoms with van der Waals surface area (Å²) in [6.07, 6.45) is 7.65. The van der Waals surface area contributed by atoms with Gasteiger partial charge in [-0.1, -0.05) is 0 Å². The van der Waals surface area contributed by atoms with Crippen molar-refractivity contribution in [3.05, 3.63) is 24.5 Å². The molecular weight excluding hydrogens is 238 g/mol. The van der Waals surface area contributed by atoms with Crippen LogP contribution in [0.1, 0.15) is 32.6 Å². The predicted molar refractivity (Wildman–Crippen MR) is 76.8 cm³/mol. The maximum atomic E-state index is 12.2. The van der Waals surface area contributed by atoms with Crippen molar-refractivity contribution in [3.63, 3.8) is 0 Å². The van der Waals surface area contributed by atoms with Crippen molar-refractivity contribution in [2.45, 2.75) is 38.6 Å². The lowest BCUT2D eigenvalue weighted by Gasteiger charge is -2.31. The van der Waals surface area contributed by atoms with E-state index in [1.165, 1.54) is 0 Å². The highest BCUT2D eigenvalue weighted by Crippen LogP contribution is 2.31. The van der Waals surface area contributed by atoms with Crippen LogP contribution in [0.15, 0.2) is 24.5 Å². The molecule has 0 bridgehead atoms. The lowest BCUT2D eigenvalue weighted by atomic mass is 9.78. The van der Waals surface area contributed by atoms with Crippen molar-refractivity contribution in [2.75, 3.05) is 12.4 Å². The lowest BCUT2D eigenvalue weighted by molar-refractivity contribution is -0.121. The molecule has 1 atom stereocenters. The fraction of sp³-hybridized carbons (Fsp3) is 0.600. The van der Waals surface area contributed by atoms with Gasteiger partial charge in [-0.2, -0.15) is 0 Å². The van der Waals surface area contributed by atoms with Gasteiger partial charge in [-0.05, 0) is 57.7 Å². The van der Waals surface area contributed by atoms with Crippen LogP contribution in [0.2, 0.25) is 0 Å². The molecule has 2 N–H and O–H groups in total. The van der Waals surface area contributed by atoms with E-state index in [1.807, 2.05) is 19.2 Å². The first-order valence-corrected chi connectivity index (χ1v) is 7.09. The molecule has 0 unspecified atom stereocenters. The minimum Gasteiger partial charge on any atom is -0.326 e. The zero-order chi connectivity index (χ0) is 13.7. The average Bonchev–Trinajstić information content (AvgIpc) is 2.47. The molecule has 1 aliphatic rings. The summed E-state index contributed by atoms with van der Waals surface area (Å²) in [5, 5.41) is 6.29. The van der Waals surface area contributed by atoms with Crippen molar-refractivity contribution >= 4 is 11.6 Å². The second-order valence-corrected chi connectivity index (χ2v) is 5.41. The van der Waals surface area contributed by atoms with E-state index in [0.29, 0.717) is 12.0 Å². The first kappa shape index (κ1) is 14.0. The van der Waals surface area contributed by atoms with Gasteiger partial charge in [0.2, 0.25) is 5.91 Å². The molecule has 0 saturated heterocycles. The van der Waals surface area contributed by atoms with Crippen LogP contribution >= 0.6 is 0 Å². The van der Waals surface area contributed by atoms with E-state index in [4.69, 9.17) is 0 Å². The first-order chi connectivity index (χ1) is 9.20. The fourth-order valence-corrected chi connectivity index (χ4v) is 2.80. The minimum absolute atomic E-state index is 0.154. The summed E-state index contributed by atoms with van der Waals surface area (Å²) in [5.74, 6) is 1.02. The number of pyridine rings is 1. The van der Waals surface area contributed by atoms with Crippen molar-refractivity contribution in [3.8, 4) is 0 Å². The molecule has 1 aromatic rings. The van der Waals surface area contributed by atoms with Crippen LogP contribution in [0.25, 0.3) is 0 Å². The van der Waals surface area contributed by atoms with Crippen LogP contribution in [-0.2, 0) is 4.79 Å². The van der Waals surface area contributed by atoms with E-state index in [-0.39, 0.29) is 11.8 Å². The van der Waals surface area contributed by atoms with E-state index in [0.717, 1.165) is 31.4 Å². The summed E-state index contributed by atoms with van der Waals surface area (Å²) >= 11 is 0. The summed E-state index contributed by atoms with van der Waals surface area (Å²) in [6.45, 7) is 2.22. The van der Waals surface area contributed by atoms with Crippen LogP contribution in [0, 0.1) is 11.8 Å². The maximum Gasteiger partial charge on any atom is 0.227 e. The van der Waals surface area contributed by atoms with Gasteiger partial charge in [-0.15, -0.1) is 0 Å². The number of nitrogens with one attached hydrogen (secondary N) is 2. The van der Waals surface area contributed by atoms with Gasteiger partial charge in [-0.3, -0.25) is 9.78 Å². The monoisotopic (exact) mass is 261 g/mol. The Hall–Kier alpha value is -1.42. The number of aromatic nitrogens is 1. The molecule has 1 aliphatic carbocycles. The van der Waals surface area contributed by atoms with E-state index >= 15 is 0 Å². The Balaban J connectivity index is 1.83. The first-order valence-electron chi connectivity index (χ1n) is 7.09. The Morgan fingerprint density at radius 2 is 1.89 bits per heavy atom. The van der Waals surface area contributed by atoms with E-state index in [1.54, 1.807) is 12.4 Å². The zero-order valence-electron chi connectivity index (χ0n) is 11.7. The van der Waals surface area contributed by atoms with Crippen LogP contribution in [-0.4, -0.2) is 24.0 Å². The Bertz CT molecular complexity index is 399. The number of amides is 1. The van der Waals surface area contributed by atoms with Gasteiger partial charge in [0.05, 0.1) is 0 Å². The number of carbonyl (C=O) groups excluding carboxylic acids is 1. The third-order valence-electron chi connectivity index (χ3n) is 4.25. The number of carbonyl (C=O) groups is 1. The molecule has 2 rings (SSSR count). The molecular formula is C15H23N3O. The molecule has 0 spiro atoms. The number of hydrogen-bond acceptors (Lipinski definition) is 3. The highest BCUT2D eigenvalue weighted by Gasteiger charge is 2.28. The smallest absolute Gasteiger partial charge is 0.227 e. The Morgan fingerprint density at radius 1 is 1.26 bits per heavy atom. The second kappa shape index (κ2) is 6.66. The Morgan fingerprint density at radius 3 is 2.47 bits per heavy atom. The van der Waals surface area contributed by atoms with Crippen LogP contribution < -0.4 is 10.6 Å². The van der Waals surface area contributed by atoms with Crippen molar-refractivity contribution < 1.29 is 4.79 Å². The number of rotatable bonds is 4. The molecule has 1 aromatic heterocycles. The molecule has 0 aliphatic heterocycles. The predicted octanol–water partition coefficient (Wildman–Crippen LogP) is 2.43. The van der Waals surface area contributed by atoms with Gasteiger partial charge in [0.15, 0.2) is 0 Å². The summed E-state index contributed by atoms with van der Waals surface area (Å²) in [4.78, 5) is 16.1. The molecule has 1 heterocycles. The zero-order valence-corrected chi connectivity index (χ0v) is 11.7. The largest absolute Gasteiger partial charge is 0.326 e. The van der Waals surface area contributed by atoms with Crippen molar-refractivity contribution in [2.24, 2.45) is 11.8 Å². The SMILES string of the molecule is CN[C@H](C)C1CCC(C(=O)Nc2ccncc2)CC1. The maximum absolute atomic E-state index is 12.2. The van der Waals surface area contributed by atoms with Gasteiger partial charge >= 0.3 is 0 Å². The second-order valence-electron chi connectivity index (χ2n) is 5.41. The molecule has 0 radical (unpaired) electrons. The van der Waals surface area contributed by atoms with E-state index in [2.05, 4.69) is 22.5 Å². The topological polar surface area (TPSA) is 54.0 Å². The highest BCUT2D eigenvalue weighted by atomic mass is 16.1. The number of nitrogens with zero attached hydrogens (tertiary/aromatic N) is 1. The number of anilines is 1. The average molecular weight is 261 g/mol. The quantitative estimate of drug-likeness (QED) is 0.875. The van der Waals surface area contributed by atoms with Crippen molar-refractivity contribution in [1.82, 2.24) is 10.3 Å². The third-order valence-corrected chi connectivity index (χ3v) is 4.25. The molecule has 4 heteroatoms. The van der Waals surface area contributed by atoms with Crippen LogP contribution in [0.5, 0.6) is 0 Å². The minimum atomic E-state index is 0.154. The molecule has 1 fully saturated rings. The van der Waals surface area contributed by atoms with Gasteiger partial charge < -0.3 is 10.6 Å². The van der Waals surface area contributed by atoms with Gasteiger partial charge in [0, 0.05) is 30.0 Å². The molecule has 1 amide bonds. The third kappa shape index (κ3) is 3.77. The van der Waals surface area contributed by atoms with Gasteiger partial charge in [0.1, 0.15) is 0 Å². The van der Waals surface area contributed by atoms with Crippen LogP contribution in [0.4, 0.5) is 5.69 Å². The Kier molecular flexibility index (Phi) is 4.91. The van der Waals surface area contributed by atoms with E-state index in [9.17, 15) is 4.79 Å². The highest BCUT2D eigenvalue weighted by molar-refractivity contribution is 5.92. The Labute approximate surface area is 115 Å². The molecule has 19 heavy (non-hydrogen) atoms. The molecule has 0 aromatic carbocycles. The molecule has 1 saturated carbocycles. The molecule has 104 valence electrons. The number of hydrogen-bond donors (Lipinski definition) is 2. The van der Waals surface area contributed by atoms with Gasteiger partial charge in [0.25, 0.3) is 0 Å².